The largest absolute Gasteiger partial charge is 0.486 e. The minimum absolute atomic E-state index is 0.0490. The first-order valence-corrected chi connectivity index (χ1v) is 10.5. The third-order valence-corrected chi connectivity index (χ3v) is 5.53. The quantitative estimate of drug-likeness (QED) is 0.502. The molecule has 2 aromatic rings. The van der Waals surface area contributed by atoms with E-state index < -0.39 is 5.97 Å². The summed E-state index contributed by atoms with van der Waals surface area (Å²) in [5, 5.41) is 0. The second-order valence-corrected chi connectivity index (χ2v) is 7.60. The van der Waals surface area contributed by atoms with Crippen molar-refractivity contribution in [1.82, 2.24) is 4.90 Å². The number of ketones is 1. The maximum Gasteiger partial charge on any atom is 0.306 e. The molecular formula is C24H25NO6. The van der Waals surface area contributed by atoms with Gasteiger partial charge in [-0.2, -0.15) is 0 Å². The first kappa shape index (κ1) is 20.9. The van der Waals surface area contributed by atoms with Gasteiger partial charge in [0.1, 0.15) is 13.2 Å². The number of benzene rings is 2. The van der Waals surface area contributed by atoms with Crippen LogP contribution in [0.3, 0.4) is 0 Å². The fourth-order valence-corrected chi connectivity index (χ4v) is 3.96. The number of Topliss-reactive ketones (excluding diaryl/α,β-unsaturated/α-hetero) is 1. The third kappa shape index (κ3) is 5.05. The molecular weight excluding hydrogens is 398 g/mol. The predicted octanol–water partition coefficient (Wildman–Crippen LogP) is 3.33. The van der Waals surface area contributed by atoms with Crippen molar-refractivity contribution >= 4 is 17.7 Å². The molecule has 0 spiro atoms. The molecule has 162 valence electrons. The summed E-state index contributed by atoms with van der Waals surface area (Å²) in [7, 11) is 0. The van der Waals surface area contributed by atoms with Crippen LogP contribution < -0.4 is 9.47 Å². The van der Waals surface area contributed by atoms with E-state index in [0.29, 0.717) is 36.8 Å². The van der Waals surface area contributed by atoms with Crippen molar-refractivity contribution in [3.05, 3.63) is 59.7 Å². The average molecular weight is 423 g/mol. The Morgan fingerprint density at radius 2 is 1.74 bits per heavy atom. The van der Waals surface area contributed by atoms with Gasteiger partial charge in [-0.1, -0.05) is 36.4 Å². The molecule has 2 heterocycles. The first-order valence-electron chi connectivity index (χ1n) is 10.5. The van der Waals surface area contributed by atoms with E-state index in [0.717, 1.165) is 18.4 Å². The molecule has 2 aromatic carbocycles. The number of hydrogen-bond acceptors (Lipinski definition) is 6. The summed E-state index contributed by atoms with van der Waals surface area (Å²) < 4.78 is 16.4. The lowest BCUT2D eigenvalue weighted by Crippen LogP contribution is -2.34. The van der Waals surface area contributed by atoms with Crippen molar-refractivity contribution in [2.45, 2.75) is 31.7 Å². The van der Waals surface area contributed by atoms with Crippen LogP contribution in [0, 0.1) is 0 Å². The standard InChI is InChI=1S/C24H25NO6/c26-20(17-5-2-1-3-6-17)9-11-24(28)31-16-23(27)25-12-4-7-19(25)18-8-10-21-22(15-18)30-14-13-29-21/h1-3,5-6,8,10,15,19H,4,7,9,11-14,16H2. The lowest BCUT2D eigenvalue weighted by atomic mass is 10.0. The molecule has 0 radical (unpaired) electrons. The Hall–Kier alpha value is -3.35. The molecule has 2 aliphatic rings. The smallest absolute Gasteiger partial charge is 0.306 e. The van der Waals surface area contributed by atoms with Crippen LogP contribution in [-0.2, 0) is 14.3 Å². The number of fused-ring (bicyclic) bond motifs is 1. The van der Waals surface area contributed by atoms with Crippen LogP contribution in [0.4, 0.5) is 0 Å². The Labute approximate surface area is 180 Å². The van der Waals surface area contributed by atoms with Crippen LogP contribution >= 0.6 is 0 Å². The monoisotopic (exact) mass is 423 g/mol. The fourth-order valence-electron chi connectivity index (χ4n) is 3.96. The van der Waals surface area contributed by atoms with Crippen molar-refractivity contribution in [2.75, 3.05) is 26.4 Å². The van der Waals surface area contributed by atoms with Crippen molar-refractivity contribution in [3.63, 3.8) is 0 Å². The topological polar surface area (TPSA) is 82.1 Å². The van der Waals surface area contributed by atoms with Crippen LogP contribution in [0.1, 0.15) is 47.6 Å². The van der Waals surface area contributed by atoms with Crippen molar-refractivity contribution in [2.24, 2.45) is 0 Å². The van der Waals surface area contributed by atoms with Crippen molar-refractivity contribution in [3.8, 4) is 11.5 Å². The number of nitrogens with zero attached hydrogens (tertiary/aromatic N) is 1. The predicted molar refractivity (Wildman–Crippen MR) is 112 cm³/mol. The average Bonchev–Trinajstić information content (AvgIpc) is 3.31. The number of rotatable bonds is 7. The Bertz CT molecular complexity index is 958. The SMILES string of the molecule is O=C(CCC(=O)c1ccccc1)OCC(=O)N1CCCC1c1ccc2c(c1)OCCO2. The molecule has 2 aliphatic heterocycles. The molecule has 7 heteroatoms. The number of hydrogen-bond donors (Lipinski definition) is 0. The van der Waals surface area contributed by atoms with E-state index in [1.807, 2.05) is 24.3 Å². The molecule has 0 saturated carbocycles. The molecule has 0 N–H and O–H groups in total. The van der Waals surface area contributed by atoms with Gasteiger partial charge < -0.3 is 19.1 Å². The highest BCUT2D eigenvalue weighted by molar-refractivity contribution is 5.97. The van der Waals surface area contributed by atoms with E-state index in [1.165, 1.54) is 0 Å². The molecule has 1 atom stereocenters. The summed E-state index contributed by atoms with van der Waals surface area (Å²) in [4.78, 5) is 38.6. The number of likely N-dealkylation sites (tertiary alicyclic amines) is 1. The van der Waals surface area contributed by atoms with Crippen LogP contribution in [-0.4, -0.2) is 48.9 Å². The minimum Gasteiger partial charge on any atom is -0.486 e. The summed E-state index contributed by atoms with van der Waals surface area (Å²) >= 11 is 0. The number of ether oxygens (including phenoxy) is 3. The zero-order valence-corrected chi connectivity index (χ0v) is 17.2. The normalized spacial score (nSPS) is 17.3. The van der Waals surface area contributed by atoms with Gasteiger partial charge in [0.2, 0.25) is 0 Å². The molecule has 7 nitrogen and oxygen atoms in total. The number of esters is 1. The highest BCUT2D eigenvalue weighted by Crippen LogP contribution is 2.38. The van der Waals surface area contributed by atoms with Gasteiger partial charge in [0.15, 0.2) is 23.9 Å². The van der Waals surface area contributed by atoms with Crippen LogP contribution in [0.2, 0.25) is 0 Å². The maximum atomic E-state index is 12.7. The molecule has 31 heavy (non-hydrogen) atoms. The van der Waals surface area contributed by atoms with Gasteiger partial charge in [0, 0.05) is 18.5 Å². The molecule has 1 fully saturated rings. The second kappa shape index (κ2) is 9.64. The summed E-state index contributed by atoms with van der Waals surface area (Å²) in [6.07, 6.45) is 1.72. The van der Waals surface area contributed by atoms with E-state index in [9.17, 15) is 14.4 Å². The molecule has 1 amide bonds. The van der Waals surface area contributed by atoms with Crippen LogP contribution in [0.15, 0.2) is 48.5 Å². The van der Waals surface area contributed by atoms with E-state index in [2.05, 4.69) is 0 Å². The molecule has 1 saturated heterocycles. The van der Waals surface area contributed by atoms with Gasteiger partial charge in [-0.05, 0) is 30.5 Å². The maximum absolute atomic E-state index is 12.7. The number of amides is 1. The Morgan fingerprint density at radius 3 is 2.55 bits per heavy atom. The number of carbonyl (C=O) groups excluding carboxylic acids is 3. The zero-order valence-electron chi connectivity index (χ0n) is 17.2. The Morgan fingerprint density at radius 1 is 0.968 bits per heavy atom. The second-order valence-electron chi connectivity index (χ2n) is 7.60. The third-order valence-electron chi connectivity index (χ3n) is 5.53. The zero-order chi connectivity index (χ0) is 21.6. The van der Waals surface area contributed by atoms with Gasteiger partial charge in [0.25, 0.3) is 5.91 Å². The van der Waals surface area contributed by atoms with E-state index >= 15 is 0 Å². The van der Waals surface area contributed by atoms with Gasteiger partial charge in [-0.15, -0.1) is 0 Å². The number of carbonyl (C=O) groups is 3. The summed E-state index contributed by atoms with van der Waals surface area (Å²) in [6, 6.07) is 14.5. The van der Waals surface area contributed by atoms with E-state index in [1.54, 1.807) is 29.2 Å². The molecule has 0 bridgehead atoms. The van der Waals surface area contributed by atoms with Crippen LogP contribution in [0.5, 0.6) is 11.5 Å². The lowest BCUT2D eigenvalue weighted by Gasteiger charge is -2.26. The molecule has 0 aliphatic carbocycles. The van der Waals surface area contributed by atoms with Crippen molar-refractivity contribution in [1.29, 1.82) is 0 Å². The van der Waals surface area contributed by atoms with E-state index in [4.69, 9.17) is 14.2 Å². The highest BCUT2D eigenvalue weighted by Gasteiger charge is 2.31. The van der Waals surface area contributed by atoms with Crippen molar-refractivity contribution < 1.29 is 28.6 Å². The minimum atomic E-state index is -0.548. The lowest BCUT2D eigenvalue weighted by molar-refractivity contribution is -0.152. The van der Waals surface area contributed by atoms with Gasteiger partial charge in [0.05, 0.1) is 12.5 Å². The molecule has 4 rings (SSSR count). The summed E-state index contributed by atoms with van der Waals surface area (Å²) in [5.41, 5.74) is 1.54. The molecule has 0 aromatic heterocycles. The first-order chi connectivity index (χ1) is 15.1. The molecule has 1 unspecified atom stereocenters. The fraction of sp³-hybridized carbons (Fsp3) is 0.375. The summed E-state index contributed by atoms with van der Waals surface area (Å²) in [6.45, 7) is 1.33. The Balaban J connectivity index is 1.29. The summed E-state index contributed by atoms with van der Waals surface area (Å²) in [5.74, 6) is 0.498. The van der Waals surface area contributed by atoms with Gasteiger partial charge in [-0.25, -0.2) is 0 Å². The van der Waals surface area contributed by atoms with Gasteiger partial charge >= 0.3 is 5.97 Å². The van der Waals surface area contributed by atoms with Gasteiger partial charge in [-0.3, -0.25) is 14.4 Å². The van der Waals surface area contributed by atoms with E-state index in [-0.39, 0.29) is 37.2 Å². The highest BCUT2D eigenvalue weighted by atomic mass is 16.6. The van der Waals surface area contributed by atoms with Crippen LogP contribution in [0.25, 0.3) is 0 Å². The Kier molecular flexibility index (Phi) is 6.50.